The topological polar surface area (TPSA) is 24.9 Å². The van der Waals surface area contributed by atoms with Crippen molar-refractivity contribution in [2.45, 2.75) is 0 Å². The number of nitrogens with one attached hydrogen (secondary N) is 1. The first-order chi connectivity index (χ1) is 9.11. The lowest BCUT2D eigenvalue weighted by atomic mass is 10.3. The predicted octanol–water partition coefficient (Wildman–Crippen LogP) is 5.08. The van der Waals surface area contributed by atoms with E-state index in [1.807, 2.05) is 0 Å². The highest BCUT2D eigenvalue weighted by Crippen LogP contribution is 2.30. The Kier molecular flexibility index (Phi) is 3.20. The van der Waals surface area contributed by atoms with E-state index in [9.17, 15) is 8.78 Å². The average Bonchev–Trinajstić information content (AvgIpc) is 2.74. The lowest BCUT2D eigenvalue weighted by Gasteiger charge is -2.03. The largest absolute Gasteiger partial charge is 0.329 e. The van der Waals surface area contributed by atoms with Gasteiger partial charge < -0.3 is 5.32 Å². The first kappa shape index (κ1) is 12.5. The van der Waals surface area contributed by atoms with Crippen LogP contribution in [0, 0.1) is 11.6 Å². The molecule has 0 spiro atoms. The molecule has 0 aliphatic heterocycles. The second kappa shape index (κ2) is 4.86. The van der Waals surface area contributed by atoms with Crippen LogP contribution in [0.3, 0.4) is 0 Å². The SMILES string of the molecule is Fc1ccc2sc(Nc3ccc(Br)cc3F)nc2c1. The molecule has 0 saturated carbocycles. The summed E-state index contributed by atoms with van der Waals surface area (Å²) in [5, 5.41) is 3.43. The molecule has 1 aromatic heterocycles. The van der Waals surface area contributed by atoms with Gasteiger partial charge in [0.15, 0.2) is 5.13 Å². The van der Waals surface area contributed by atoms with Crippen LogP contribution in [0.15, 0.2) is 40.9 Å². The van der Waals surface area contributed by atoms with Gasteiger partial charge in [-0.1, -0.05) is 27.3 Å². The molecular formula is C13H7BrF2N2S. The third-order valence-electron chi connectivity index (χ3n) is 2.52. The fourth-order valence-electron chi connectivity index (χ4n) is 1.66. The van der Waals surface area contributed by atoms with E-state index in [4.69, 9.17) is 0 Å². The van der Waals surface area contributed by atoms with Crippen LogP contribution in [0.4, 0.5) is 19.6 Å². The minimum absolute atomic E-state index is 0.334. The van der Waals surface area contributed by atoms with Crippen molar-refractivity contribution in [2.24, 2.45) is 0 Å². The van der Waals surface area contributed by atoms with E-state index >= 15 is 0 Å². The fourth-order valence-corrected chi connectivity index (χ4v) is 2.85. The second-order valence-electron chi connectivity index (χ2n) is 3.88. The number of rotatable bonds is 2. The number of hydrogen-bond donors (Lipinski definition) is 1. The average molecular weight is 341 g/mol. The van der Waals surface area contributed by atoms with Gasteiger partial charge in [-0.3, -0.25) is 0 Å². The maximum absolute atomic E-state index is 13.7. The van der Waals surface area contributed by atoms with Crippen molar-refractivity contribution >= 4 is 48.3 Å². The Morgan fingerprint density at radius 2 is 1.95 bits per heavy atom. The molecule has 1 N–H and O–H groups in total. The van der Waals surface area contributed by atoms with Crippen molar-refractivity contribution in [3.8, 4) is 0 Å². The zero-order chi connectivity index (χ0) is 13.4. The van der Waals surface area contributed by atoms with E-state index in [1.54, 1.807) is 18.2 Å². The van der Waals surface area contributed by atoms with Crippen molar-refractivity contribution in [1.82, 2.24) is 4.98 Å². The van der Waals surface area contributed by atoms with Gasteiger partial charge in [0.25, 0.3) is 0 Å². The Bertz CT molecular complexity index is 757. The van der Waals surface area contributed by atoms with Crippen LogP contribution in [0.5, 0.6) is 0 Å². The lowest BCUT2D eigenvalue weighted by molar-refractivity contribution is 0.629. The van der Waals surface area contributed by atoms with Gasteiger partial charge in [0.1, 0.15) is 11.6 Å². The summed E-state index contributed by atoms with van der Waals surface area (Å²) in [5.74, 6) is -0.709. The van der Waals surface area contributed by atoms with Crippen LogP contribution in [-0.4, -0.2) is 4.98 Å². The molecule has 2 aromatic carbocycles. The third-order valence-corrected chi connectivity index (χ3v) is 3.97. The maximum Gasteiger partial charge on any atom is 0.188 e. The van der Waals surface area contributed by atoms with Gasteiger partial charge in [-0.25, -0.2) is 13.8 Å². The van der Waals surface area contributed by atoms with E-state index in [0.29, 0.717) is 20.8 Å². The van der Waals surface area contributed by atoms with Crippen LogP contribution < -0.4 is 5.32 Å². The fraction of sp³-hybridized carbons (Fsp3) is 0. The molecule has 96 valence electrons. The van der Waals surface area contributed by atoms with E-state index in [-0.39, 0.29) is 11.6 Å². The second-order valence-corrected chi connectivity index (χ2v) is 5.83. The number of fused-ring (bicyclic) bond motifs is 1. The highest BCUT2D eigenvalue weighted by atomic mass is 79.9. The van der Waals surface area contributed by atoms with Crippen LogP contribution in [0.2, 0.25) is 0 Å². The highest BCUT2D eigenvalue weighted by Gasteiger charge is 2.08. The van der Waals surface area contributed by atoms with Gasteiger partial charge in [0.2, 0.25) is 0 Å². The van der Waals surface area contributed by atoms with Crippen LogP contribution >= 0.6 is 27.3 Å². The Hall–Kier alpha value is -1.53. The summed E-state index contributed by atoms with van der Waals surface area (Å²) in [5.41, 5.74) is 0.896. The Balaban J connectivity index is 1.96. The Morgan fingerprint density at radius 1 is 1.11 bits per heavy atom. The summed E-state index contributed by atoms with van der Waals surface area (Å²) in [7, 11) is 0. The molecule has 19 heavy (non-hydrogen) atoms. The molecule has 3 rings (SSSR count). The van der Waals surface area contributed by atoms with Gasteiger partial charge in [-0.05, 0) is 30.3 Å². The van der Waals surface area contributed by atoms with E-state index in [1.165, 1.54) is 29.5 Å². The van der Waals surface area contributed by atoms with Crippen LogP contribution in [0.25, 0.3) is 10.2 Å². The molecule has 0 aliphatic rings. The Morgan fingerprint density at radius 3 is 2.74 bits per heavy atom. The minimum atomic E-state index is -0.375. The molecular weight excluding hydrogens is 334 g/mol. The van der Waals surface area contributed by atoms with Gasteiger partial charge in [-0.15, -0.1) is 0 Å². The standard InChI is InChI=1S/C13H7BrF2N2S/c14-7-1-3-10(9(16)5-7)17-13-18-11-6-8(15)2-4-12(11)19-13/h1-6H,(H,17,18). The first-order valence-electron chi connectivity index (χ1n) is 5.40. The molecule has 0 fully saturated rings. The minimum Gasteiger partial charge on any atom is -0.329 e. The number of aromatic nitrogens is 1. The molecule has 0 unspecified atom stereocenters. The summed E-state index contributed by atoms with van der Waals surface area (Å²) in [6, 6.07) is 9.12. The highest BCUT2D eigenvalue weighted by molar-refractivity contribution is 9.10. The summed E-state index contributed by atoms with van der Waals surface area (Å²) in [4.78, 5) is 4.22. The van der Waals surface area contributed by atoms with E-state index < -0.39 is 0 Å². The van der Waals surface area contributed by atoms with Crippen molar-refractivity contribution in [3.05, 3.63) is 52.5 Å². The number of thiazole rings is 1. The van der Waals surface area contributed by atoms with Gasteiger partial charge in [0.05, 0.1) is 15.9 Å². The van der Waals surface area contributed by atoms with Gasteiger partial charge in [0, 0.05) is 10.5 Å². The lowest BCUT2D eigenvalue weighted by Crippen LogP contribution is -1.92. The molecule has 0 atom stereocenters. The summed E-state index contributed by atoms with van der Waals surface area (Å²) in [6.45, 7) is 0. The number of nitrogens with zero attached hydrogens (tertiary/aromatic N) is 1. The monoisotopic (exact) mass is 340 g/mol. The van der Waals surface area contributed by atoms with Crippen molar-refractivity contribution in [1.29, 1.82) is 0 Å². The third kappa shape index (κ3) is 2.59. The number of anilines is 2. The number of benzene rings is 2. The van der Waals surface area contributed by atoms with E-state index in [0.717, 1.165) is 4.70 Å². The quantitative estimate of drug-likeness (QED) is 0.703. The van der Waals surface area contributed by atoms with Crippen molar-refractivity contribution in [2.75, 3.05) is 5.32 Å². The molecule has 3 aromatic rings. The summed E-state index contributed by atoms with van der Waals surface area (Å²) >= 11 is 4.54. The van der Waals surface area contributed by atoms with Gasteiger partial charge in [-0.2, -0.15) is 0 Å². The molecule has 0 radical (unpaired) electrons. The van der Waals surface area contributed by atoms with E-state index in [2.05, 4.69) is 26.2 Å². The molecule has 0 bridgehead atoms. The number of hydrogen-bond acceptors (Lipinski definition) is 3. The molecule has 1 heterocycles. The zero-order valence-corrected chi connectivity index (χ0v) is 11.9. The molecule has 0 saturated heterocycles. The summed E-state index contributed by atoms with van der Waals surface area (Å²) in [6.07, 6.45) is 0. The summed E-state index contributed by atoms with van der Waals surface area (Å²) < 4.78 is 28.3. The van der Waals surface area contributed by atoms with Crippen LogP contribution in [0.1, 0.15) is 0 Å². The predicted molar refractivity (Wildman–Crippen MR) is 77.0 cm³/mol. The maximum atomic E-state index is 13.7. The molecule has 0 aliphatic carbocycles. The van der Waals surface area contributed by atoms with Crippen molar-refractivity contribution < 1.29 is 8.78 Å². The smallest absolute Gasteiger partial charge is 0.188 e. The van der Waals surface area contributed by atoms with Gasteiger partial charge >= 0.3 is 0 Å². The number of halogens is 3. The molecule has 6 heteroatoms. The zero-order valence-electron chi connectivity index (χ0n) is 9.45. The first-order valence-corrected chi connectivity index (χ1v) is 7.01. The molecule has 0 amide bonds. The van der Waals surface area contributed by atoms with Crippen molar-refractivity contribution in [3.63, 3.8) is 0 Å². The molecule has 2 nitrogen and oxygen atoms in total. The van der Waals surface area contributed by atoms with Crippen LogP contribution in [-0.2, 0) is 0 Å². The normalized spacial score (nSPS) is 10.9. The Labute approximate surface area is 120 Å².